The lowest BCUT2D eigenvalue weighted by molar-refractivity contribution is 0.310. The number of rotatable bonds is 2. The van der Waals surface area contributed by atoms with Gasteiger partial charge in [0.1, 0.15) is 0 Å². The van der Waals surface area contributed by atoms with E-state index in [1.807, 2.05) is 6.20 Å². The molecule has 0 aromatic carbocycles. The summed E-state index contributed by atoms with van der Waals surface area (Å²) in [6.45, 7) is 3.43. The summed E-state index contributed by atoms with van der Waals surface area (Å²) in [5.74, 6) is 0.916. The second-order valence-corrected chi connectivity index (χ2v) is 6.35. The molecule has 1 N–H and O–H groups in total. The summed E-state index contributed by atoms with van der Waals surface area (Å²) in [5.41, 5.74) is 4.45. The van der Waals surface area contributed by atoms with Gasteiger partial charge < -0.3 is 10.2 Å². The molecule has 0 unspecified atom stereocenters. The summed E-state index contributed by atoms with van der Waals surface area (Å²) in [6, 6.07) is 2.96. The molecule has 2 fully saturated rings. The zero-order valence-corrected chi connectivity index (χ0v) is 11.6. The zero-order chi connectivity index (χ0) is 12.7. The fraction of sp³-hybridized carbons (Fsp3) is 0.688. The third-order valence-corrected chi connectivity index (χ3v) is 5.21. The molecule has 4 rings (SSSR count). The van der Waals surface area contributed by atoms with Crippen LogP contribution in [0.5, 0.6) is 0 Å². The molecule has 1 atom stereocenters. The van der Waals surface area contributed by atoms with E-state index in [0.29, 0.717) is 6.04 Å². The fourth-order valence-corrected chi connectivity index (χ4v) is 3.86. The van der Waals surface area contributed by atoms with Crippen LogP contribution in [-0.4, -0.2) is 30.7 Å². The van der Waals surface area contributed by atoms with Crippen LogP contribution in [-0.2, 0) is 12.8 Å². The van der Waals surface area contributed by atoms with Crippen LogP contribution in [0.3, 0.4) is 0 Å². The van der Waals surface area contributed by atoms with Gasteiger partial charge in [0.2, 0.25) is 0 Å². The van der Waals surface area contributed by atoms with Gasteiger partial charge in [-0.15, -0.1) is 0 Å². The van der Waals surface area contributed by atoms with Gasteiger partial charge in [-0.3, -0.25) is 4.98 Å². The summed E-state index contributed by atoms with van der Waals surface area (Å²) in [5, 5.41) is 3.52. The van der Waals surface area contributed by atoms with Crippen LogP contribution in [0.1, 0.15) is 36.9 Å². The number of anilines is 1. The number of fused-ring (bicyclic) bond motifs is 3. The maximum Gasteiger partial charge on any atom is 0.0458 e. The van der Waals surface area contributed by atoms with Gasteiger partial charge in [-0.25, -0.2) is 0 Å². The van der Waals surface area contributed by atoms with Crippen molar-refractivity contribution in [3.63, 3.8) is 0 Å². The van der Waals surface area contributed by atoms with Crippen molar-refractivity contribution in [3.8, 4) is 0 Å². The highest BCUT2D eigenvalue weighted by Gasteiger charge is 2.30. The zero-order valence-electron chi connectivity index (χ0n) is 11.6. The van der Waals surface area contributed by atoms with Crippen molar-refractivity contribution in [1.29, 1.82) is 0 Å². The van der Waals surface area contributed by atoms with E-state index in [4.69, 9.17) is 4.98 Å². The van der Waals surface area contributed by atoms with Crippen LogP contribution in [0.15, 0.2) is 12.3 Å². The Morgan fingerprint density at radius 1 is 1.32 bits per heavy atom. The third kappa shape index (κ3) is 2.04. The maximum atomic E-state index is 4.71. The monoisotopic (exact) mass is 257 g/mol. The molecule has 1 saturated carbocycles. The SMILES string of the molecule is c1cc2c(c(CC3CCC3)n1)CC[C@@H]1CNCCN21. The van der Waals surface area contributed by atoms with Crippen molar-refractivity contribution in [3.05, 3.63) is 23.5 Å². The lowest BCUT2D eigenvalue weighted by Crippen LogP contribution is -2.53. The minimum absolute atomic E-state index is 0.709. The van der Waals surface area contributed by atoms with Gasteiger partial charge in [-0.2, -0.15) is 0 Å². The van der Waals surface area contributed by atoms with Gasteiger partial charge in [-0.05, 0) is 36.8 Å². The standard InChI is InChI=1S/C16H23N3/c1-2-12(3-1)10-15-14-5-4-13-11-17-8-9-19(13)16(14)6-7-18-15/h6-7,12-13,17H,1-5,8-11H2/t13-/m1/s1. The molecule has 3 heterocycles. The molecule has 1 aromatic rings. The highest BCUT2D eigenvalue weighted by Crippen LogP contribution is 2.36. The molecule has 3 nitrogen and oxygen atoms in total. The molecule has 1 aliphatic carbocycles. The first-order valence-electron chi connectivity index (χ1n) is 7.86. The fourth-order valence-electron chi connectivity index (χ4n) is 3.86. The van der Waals surface area contributed by atoms with E-state index in [-0.39, 0.29) is 0 Å². The van der Waals surface area contributed by atoms with Crippen LogP contribution >= 0.6 is 0 Å². The summed E-state index contributed by atoms with van der Waals surface area (Å²) in [7, 11) is 0. The molecule has 1 aromatic heterocycles. The predicted octanol–water partition coefficient (Wildman–Crippen LogP) is 2.15. The Kier molecular flexibility index (Phi) is 2.95. The summed E-state index contributed by atoms with van der Waals surface area (Å²) in [6.07, 6.45) is 10.1. The molecule has 0 amide bonds. The Labute approximate surface area is 115 Å². The van der Waals surface area contributed by atoms with E-state index >= 15 is 0 Å². The molecule has 2 aliphatic heterocycles. The van der Waals surface area contributed by atoms with Gasteiger partial charge in [-0.1, -0.05) is 19.3 Å². The number of piperazine rings is 1. The van der Waals surface area contributed by atoms with Crippen molar-refractivity contribution in [2.75, 3.05) is 24.5 Å². The number of nitrogens with one attached hydrogen (secondary N) is 1. The highest BCUT2D eigenvalue weighted by molar-refractivity contribution is 5.58. The van der Waals surface area contributed by atoms with Crippen molar-refractivity contribution in [1.82, 2.24) is 10.3 Å². The molecule has 19 heavy (non-hydrogen) atoms. The summed E-state index contributed by atoms with van der Waals surface area (Å²) < 4.78 is 0. The normalized spacial score (nSPS) is 26.5. The van der Waals surface area contributed by atoms with Crippen LogP contribution in [0.25, 0.3) is 0 Å². The highest BCUT2D eigenvalue weighted by atomic mass is 15.2. The molecule has 102 valence electrons. The van der Waals surface area contributed by atoms with Crippen LogP contribution in [0.4, 0.5) is 5.69 Å². The van der Waals surface area contributed by atoms with Crippen LogP contribution in [0, 0.1) is 5.92 Å². The van der Waals surface area contributed by atoms with Gasteiger partial charge in [0.15, 0.2) is 0 Å². The van der Waals surface area contributed by atoms with Crippen molar-refractivity contribution >= 4 is 5.69 Å². The Morgan fingerprint density at radius 3 is 3.11 bits per heavy atom. The number of hydrogen-bond donors (Lipinski definition) is 1. The molecule has 3 aliphatic rings. The summed E-state index contributed by atoms with van der Waals surface area (Å²) >= 11 is 0. The van der Waals surface area contributed by atoms with Crippen molar-refractivity contribution in [2.45, 2.75) is 44.6 Å². The van der Waals surface area contributed by atoms with Crippen LogP contribution < -0.4 is 10.2 Å². The van der Waals surface area contributed by atoms with Crippen molar-refractivity contribution < 1.29 is 0 Å². The minimum atomic E-state index is 0.709. The molecule has 1 saturated heterocycles. The Morgan fingerprint density at radius 2 is 2.26 bits per heavy atom. The second-order valence-electron chi connectivity index (χ2n) is 6.35. The first-order valence-corrected chi connectivity index (χ1v) is 7.86. The Balaban J connectivity index is 1.64. The van der Waals surface area contributed by atoms with Gasteiger partial charge >= 0.3 is 0 Å². The molecule has 0 bridgehead atoms. The number of nitrogens with zero attached hydrogens (tertiary/aromatic N) is 2. The molecular weight excluding hydrogens is 234 g/mol. The van der Waals surface area contributed by atoms with Gasteiger partial charge in [0, 0.05) is 43.3 Å². The van der Waals surface area contributed by atoms with E-state index in [9.17, 15) is 0 Å². The topological polar surface area (TPSA) is 28.2 Å². The third-order valence-electron chi connectivity index (χ3n) is 5.21. The lowest BCUT2D eigenvalue weighted by atomic mass is 9.80. The first-order chi connectivity index (χ1) is 9.42. The molecule has 0 spiro atoms. The van der Waals surface area contributed by atoms with E-state index in [1.165, 1.54) is 49.9 Å². The molecule has 3 heteroatoms. The number of pyridine rings is 1. The molecule has 0 radical (unpaired) electrons. The smallest absolute Gasteiger partial charge is 0.0458 e. The first kappa shape index (κ1) is 11.7. The Hall–Kier alpha value is -1.09. The average molecular weight is 257 g/mol. The van der Waals surface area contributed by atoms with E-state index in [0.717, 1.165) is 25.6 Å². The van der Waals surface area contributed by atoms with Gasteiger partial charge in [0.25, 0.3) is 0 Å². The average Bonchev–Trinajstić information content (AvgIpc) is 2.42. The predicted molar refractivity (Wildman–Crippen MR) is 77.6 cm³/mol. The quantitative estimate of drug-likeness (QED) is 0.880. The largest absolute Gasteiger partial charge is 0.366 e. The van der Waals surface area contributed by atoms with Gasteiger partial charge in [0.05, 0.1) is 0 Å². The second kappa shape index (κ2) is 4.78. The Bertz CT molecular complexity index is 467. The van der Waals surface area contributed by atoms with E-state index in [2.05, 4.69) is 16.3 Å². The summed E-state index contributed by atoms with van der Waals surface area (Å²) in [4.78, 5) is 7.34. The lowest BCUT2D eigenvalue weighted by Gasteiger charge is -2.43. The van der Waals surface area contributed by atoms with E-state index < -0.39 is 0 Å². The van der Waals surface area contributed by atoms with Crippen LogP contribution in [0.2, 0.25) is 0 Å². The van der Waals surface area contributed by atoms with Crippen molar-refractivity contribution in [2.24, 2.45) is 5.92 Å². The number of aromatic nitrogens is 1. The maximum absolute atomic E-state index is 4.71. The van der Waals surface area contributed by atoms with E-state index in [1.54, 1.807) is 5.56 Å². The number of hydrogen-bond acceptors (Lipinski definition) is 3. The minimum Gasteiger partial charge on any atom is -0.366 e. The molecular formula is C16H23N3.